The zero-order valence-corrected chi connectivity index (χ0v) is 13.5. The molecule has 23 heavy (non-hydrogen) atoms. The Morgan fingerprint density at radius 1 is 1.00 bits per heavy atom. The van der Waals surface area contributed by atoms with Crippen LogP contribution in [0.25, 0.3) is 11.1 Å². The molecule has 0 N–H and O–H groups in total. The average molecular weight is 348 g/mol. The number of ether oxygens (including phenoxy) is 1. The summed E-state index contributed by atoms with van der Waals surface area (Å²) in [6.07, 6.45) is 1.30. The van der Waals surface area contributed by atoms with E-state index in [2.05, 4.69) is 4.98 Å². The fourth-order valence-electron chi connectivity index (χ4n) is 2.18. The Morgan fingerprint density at radius 3 is 2.65 bits per heavy atom. The predicted octanol–water partition coefficient (Wildman–Crippen LogP) is 5.77. The molecule has 0 aliphatic rings. The number of pyridine rings is 1. The number of halogens is 3. The first-order valence-corrected chi connectivity index (χ1v) is 7.66. The second-order valence-corrected chi connectivity index (χ2v) is 5.78. The van der Waals surface area contributed by atoms with E-state index in [1.807, 2.05) is 48.5 Å². The van der Waals surface area contributed by atoms with Crippen LogP contribution in [0.15, 0.2) is 60.8 Å². The fourth-order valence-corrected chi connectivity index (χ4v) is 2.61. The quantitative estimate of drug-likeness (QED) is 0.558. The molecule has 1 aromatic heterocycles. The molecule has 0 bridgehead atoms. The van der Waals surface area contributed by atoms with Crippen molar-refractivity contribution in [2.75, 3.05) is 0 Å². The number of hydrogen-bond acceptors (Lipinski definition) is 2. The highest BCUT2D eigenvalue weighted by atomic mass is 35.5. The lowest BCUT2D eigenvalue weighted by molar-refractivity contribution is 0.306. The van der Waals surface area contributed by atoms with Crippen molar-refractivity contribution in [2.45, 2.75) is 6.61 Å². The first kappa shape index (κ1) is 15.8. The summed E-state index contributed by atoms with van der Waals surface area (Å²) in [4.78, 5) is 3.53. The minimum Gasteiger partial charge on any atom is -0.489 e. The molecular formula is C18H12Cl2FNO. The van der Waals surface area contributed by atoms with Crippen molar-refractivity contribution in [1.29, 1.82) is 0 Å². The van der Waals surface area contributed by atoms with Crippen LogP contribution in [0.4, 0.5) is 4.39 Å². The molecule has 2 nitrogen and oxygen atoms in total. The van der Waals surface area contributed by atoms with Crippen molar-refractivity contribution in [2.24, 2.45) is 0 Å². The topological polar surface area (TPSA) is 22.1 Å². The Morgan fingerprint density at radius 2 is 1.83 bits per heavy atom. The number of rotatable bonds is 4. The van der Waals surface area contributed by atoms with Crippen LogP contribution in [0.5, 0.6) is 5.75 Å². The summed E-state index contributed by atoms with van der Waals surface area (Å²) in [7, 11) is 0. The molecule has 0 aliphatic heterocycles. The van der Waals surface area contributed by atoms with Gasteiger partial charge in [0.15, 0.2) is 0 Å². The number of nitrogens with zero attached hydrogens (tertiary/aromatic N) is 1. The SMILES string of the molecule is Fc1cc(-c2cccc(OCc3cccc(Cl)c3)c2)c(Cl)cn1. The third-order valence-corrected chi connectivity index (χ3v) is 3.80. The van der Waals surface area contributed by atoms with E-state index in [0.717, 1.165) is 11.1 Å². The van der Waals surface area contributed by atoms with Crippen LogP contribution in [-0.4, -0.2) is 4.98 Å². The molecule has 116 valence electrons. The second kappa shape index (κ2) is 6.99. The maximum absolute atomic E-state index is 13.3. The molecule has 0 atom stereocenters. The van der Waals surface area contributed by atoms with E-state index in [-0.39, 0.29) is 0 Å². The maximum Gasteiger partial charge on any atom is 0.213 e. The van der Waals surface area contributed by atoms with Crippen molar-refractivity contribution in [1.82, 2.24) is 4.98 Å². The number of benzene rings is 2. The van der Waals surface area contributed by atoms with Gasteiger partial charge in [0.25, 0.3) is 0 Å². The van der Waals surface area contributed by atoms with Gasteiger partial charge in [-0.2, -0.15) is 4.39 Å². The van der Waals surface area contributed by atoms with Crippen LogP contribution in [0, 0.1) is 5.95 Å². The summed E-state index contributed by atoms with van der Waals surface area (Å²) in [5.74, 6) is 0.0883. The van der Waals surface area contributed by atoms with E-state index >= 15 is 0 Å². The van der Waals surface area contributed by atoms with Gasteiger partial charge in [-0.25, -0.2) is 4.98 Å². The monoisotopic (exact) mass is 347 g/mol. The zero-order valence-electron chi connectivity index (χ0n) is 12.0. The van der Waals surface area contributed by atoms with Crippen LogP contribution in [0.2, 0.25) is 10.0 Å². The first-order chi connectivity index (χ1) is 11.1. The number of aromatic nitrogens is 1. The molecule has 0 fully saturated rings. The van der Waals surface area contributed by atoms with Gasteiger partial charge in [-0.3, -0.25) is 0 Å². The average Bonchev–Trinajstić information content (AvgIpc) is 2.55. The normalized spacial score (nSPS) is 10.6. The summed E-state index contributed by atoms with van der Waals surface area (Å²) in [6.45, 7) is 0.391. The summed E-state index contributed by atoms with van der Waals surface area (Å²) in [6, 6.07) is 16.1. The van der Waals surface area contributed by atoms with Gasteiger partial charge in [-0.15, -0.1) is 0 Å². The van der Waals surface area contributed by atoms with Gasteiger partial charge in [0.2, 0.25) is 5.95 Å². The molecule has 5 heteroatoms. The molecule has 1 heterocycles. The molecule has 0 unspecified atom stereocenters. The van der Waals surface area contributed by atoms with Crippen LogP contribution < -0.4 is 4.74 Å². The summed E-state index contributed by atoms with van der Waals surface area (Å²) in [5, 5.41) is 1.05. The smallest absolute Gasteiger partial charge is 0.213 e. The molecule has 0 amide bonds. The molecule has 0 aliphatic carbocycles. The van der Waals surface area contributed by atoms with Crippen molar-refractivity contribution < 1.29 is 9.13 Å². The van der Waals surface area contributed by atoms with E-state index in [1.165, 1.54) is 12.3 Å². The number of hydrogen-bond donors (Lipinski definition) is 0. The van der Waals surface area contributed by atoms with Crippen LogP contribution in [-0.2, 0) is 6.61 Å². The molecule has 0 radical (unpaired) electrons. The van der Waals surface area contributed by atoms with Gasteiger partial charge < -0.3 is 4.74 Å². The Hall–Kier alpha value is -2.10. The predicted molar refractivity (Wildman–Crippen MR) is 90.4 cm³/mol. The molecule has 0 spiro atoms. The van der Waals surface area contributed by atoms with Crippen LogP contribution in [0.3, 0.4) is 0 Å². The van der Waals surface area contributed by atoms with Gasteiger partial charge in [0.05, 0.1) is 5.02 Å². The lowest BCUT2D eigenvalue weighted by atomic mass is 10.1. The van der Waals surface area contributed by atoms with Crippen molar-refractivity contribution in [3.8, 4) is 16.9 Å². The van der Waals surface area contributed by atoms with E-state index in [9.17, 15) is 4.39 Å². The lowest BCUT2D eigenvalue weighted by Crippen LogP contribution is -1.95. The molecule has 2 aromatic carbocycles. The van der Waals surface area contributed by atoms with Gasteiger partial charge in [-0.1, -0.05) is 47.5 Å². The van der Waals surface area contributed by atoms with E-state index in [1.54, 1.807) is 0 Å². The van der Waals surface area contributed by atoms with Gasteiger partial charge in [0.1, 0.15) is 12.4 Å². The Labute approximate surface area is 143 Å². The molecule has 0 saturated carbocycles. The third-order valence-electron chi connectivity index (χ3n) is 3.26. The highest BCUT2D eigenvalue weighted by Crippen LogP contribution is 2.30. The maximum atomic E-state index is 13.3. The lowest BCUT2D eigenvalue weighted by Gasteiger charge is -2.09. The molecule has 3 rings (SSSR count). The standard InChI is InChI=1S/C18H12Cl2FNO/c19-14-5-1-3-12(7-14)11-23-15-6-2-4-13(8-15)16-9-18(21)22-10-17(16)20/h1-10H,11H2. The van der Waals surface area contributed by atoms with Gasteiger partial charge >= 0.3 is 0 Å². The summed E-state index contributed by atoms with van der Waals surface area (Å²) >= 11 is 12.0. The zero-order chi connectivity index (χ0) is 16.2. The molecule has 3 aromatic rings. The third kappa shape index (κ3) is 4.01. The summed E-state index contributed by atoms with van der Waals surface area (Å²) < 4.78 is 19.1. The Bertz CT molecular complexity index is 839. The minimum atomic E-state index is -0.574. The van der Waals surface area contributed by atoms with Crippen LogP contribution >= 0.6 is 23.2 Å². The van der Waals surface area contributed by atoms with E-state index in [4.69, 9.17) is 27.9 Å². The molecule has 0 saturated heterocycles. The summed E-state index contributed by atoms with van der Waals surface area (Å²) in [5.41, 5.74) is 2.31. The Balaban J connectivity index is 1.81. The van der Waals surface area contributed by atoms with E-state index in [0.29, 0.717) is 28.0 Å². The highest BCUT2D eigenvalue weighted by Gasteiger charge is 2.07. The van der Waals surface area contributed by atoms with Gasteiger partial charge in [-0.05, 0) is 35.4 Å². The van der Waals surface area contributed by atoms with Crippen molar-refractivity contribution in [3.05, 3.63) is 82.4 Å². The van der Waals surface area contributed by atoms with Gasteiger partial charge in [0, 0.05) is 22.8 Å². The Kier molecular flexibility index (Phi) is 4.79. The molecular weight excluding hydrogens is 336 g/mol. The van der Waals surface area contributed by atoms with Crippen molar-refractivity contribution in [3.63, 3.8) is 0 Å². The largest absolute Gasteiger partial charge is 0.489 e. The van der Waals surface area contributed by atoms with E-state index < -0.39 is 5.95 Å². The van der Waals surface area contributed by atoms with Crippen molar-refractivity contribution >= 4 is 23.2 Å². The van der Waals surface area contributed by atoms with Crippen LogP contribution in [0.1, 0.15) is 5.56 Å². The highest BCUT2D eigenvalue weighted by molar-refractivity contribution is 6.33. The minimum absolute atomic E-state index is 0.387. The fraction of sp³-hybridized carbons (Fsp3) is 0.0556. The first-order valence-electron chi connectivity index (χ1n) is 6.90. The second-order valence-electron chi connectivity index (χ2n) is 4.93.